The summed E-state index contributed by atoms with van der Waals surface area (Å²) in [6.45, 7) is 1.84. The van der Waals surface area contributed by atoms with Crippen molar-refractivity contribution < 1.29 is 9.59 Å². The van der Waals surface area contributed by atoms with E-state index in [0.717, 1.165) is 9.13 Å². The molecule has 4 nitrogen and oxygen atoms in total. The summed E-state index contributed by atoms with van der Waals surface area (Å²) in [6.07, 6.45) is 0. The Morgan fingerprint density at radius 1 is 1.29 bits per heavy atom. The minimum atomic E-state index is -1.45. The van der Waals surface area contributed by atoms with Crippen LogP contribution in [-0.2, 0) is 9.59 Å². The van der Waals surface area contributed by atoms with Crippen LogP contribution < -0.4 is 0 Å². The largest absolute Gasteiger partial charge is 0.278 e. The van der Waals surface area contributed by atoms with Gasteiger partial charge < -0.3 is 0 Å². The molecule has 1 rings (SSSR count). The summed E-state index contributed by atoms with van der Waals surface area (Å²) in [4.78, 5) is 21.7. The van der Waals surface area contributed by atoms with Gasteiger partial charge in [0.15, 0.2) is 0 Å². The van der Waals surface area contributed by atoms with Gasteiger partial charge in [-0.15, -0.1) is 0 Å². The molecule has 0 heterocycles. The van der Waals surface area contributed by atoms with Gasteiger partial charge in [0.05, 0.1) is 5.69 Å². The Hall–Kier alpha value is -0.530. The van der Waals surface area contributed by atoms with E-state index in [9.17, 15) is 9.59 Å². The van der Waals surface area contributed by atoms with E-state index in [2.05, 4.69) is 32.8 Å². The molecule has 0 saturated carbocycles. The molecule has 0 aromatic heterocycles. The van der Waals surface area contributed by atoms with Crippen LogP contribution in [0.25, 0.3) is 0 Å². The molecule has 0 unspecified atom stereocenters. The van der Waals surface area contributed by atoms with Crippen molar-refractivity contribution in [3.05, 3.63) is 27.3 Å². The number of rotatable bonds is 4. The standard InChI is InChI=1S/C10H7Cl2IN2O2/c1-5-4-6(13)2-3-7(5)14-15-8(9(11)16)10(12)17/h2-4,8H,1H3. The van der Waals surface area contributed by atoms with E-state index in [1.54, 1.807) is 6.07 Å². The number of carbonyl (C=O) groups excluding carboxylic acids is 2. The highest BCUT2D eigenvalue weighted by molar-refractivity contribution is 14.1. The first-order valence-electron chi connectivity index (χ1n) is 4.47. The van der Waals surface area contributed by atoms with Crippen molar-refractivity contribution >= 4 is 62.0 Å². The molecule has 1 aromatic carbocycles. The first kappa shape index (κ1) is 14.5. The van der Waals surface area contributed by atoms with Gasteiger partial charge in [-0.2, -0.15) is 10.2 Å². The molecular formula is C10H7Cl2IN2O2. The zero-order valence-corrected chi connectivity index (χ0v) is 12.3. The van der Waals surface area contributed by atoms with E-state index in [0.29, 0.717) is 5.69 Å². The van der Waals surface area contributed by atoms with Crippen LogP contribution in [0.1, 0.15) is 5.56 Å². The van der Waals surface area contributed by atoms with Gasteiger partial charge in [-0.1, -0.05) is 0 Å². The monoisotopic (exact) mass is 384 g/mol. The number of halogens is 3. The highest BCUT2D eigenvalue weighted by Gasteiger charge is 2.22. The van der Waals surface area contributed by atoms with Gasteiger partial charge in [0, 0.05) is 3.57 Å². The Bertz CT molecular complexity index is 477. The molecule has 0 aliphatic carbocycles. The van der Waals surface area contributed by atoms with Crippen molar-refractivity contribution in [1.82, 2.24) is 0 Å². The maximum absolute atomic E-state index is 10.9. The number of hydrogen-bond acceptors (Lipinski definition) is 4. The first-order chi connectivity index (χ1) is 7.91. The van der Waals surface area contributed by atoms with Crippen LogP contribution >= 0.6 is 45.8 Å². The number of benzene rings is 1. The lowest BCUT2D eigenvalue weighted by atomic mass is 10.2. The van der Waals surface area contributed by atoms with Crippen LogP contribution in [0.5, 0.6) is 0 Å². The highest BCUT2D eigenvalue weighted by Crippen LogP contribution is 2.21. The maximum Gasteiger partial charge on any atom is 0.257 e. The van der Waals surface area contributed by atoms with Gasteiger partial charge in [0.1, 0.15) is 0 Å². The lowest BCUT2D eigenvalue weighted by Gasteiger charge is -2.01. The second-order valence-electron chi connectivity index (χ2n) is 3.16. The third-order valence-electron chi connectivity index (χ3n) is 1.87. The van der Waals surface area contributed by atoms with E-state index in [-0.39, 0.29) is 0 Å². The van der Waals surface area contributed by atoms with Crippen molar-refractivity contribution in [2.24, 2.45) is 10.2 Å². The zero-order chi connectivity index (χ0) is 13.0. The summed E-state index contributed by atoms with van der Waals surface area (Å²) >= 11 is 12.5. The van der Waals surface area contributed by atoms with E-state index in [1.165, 1.54) is 0 Å². The van der Waals surface area contributed by atoms with Crippen LogP contribution in [-0.4, -0.2) is 16.5 Å². The molecule has 0 atom stereocenters. The maximum atomic E-state index is 10.9. The molecule has 17 heavy (non-hydrogen) atoms. The molecule has 0 N–H and O–H groups in total. The molecule has 7 heteroatoms. The van der Waals surface area contributed by atoms with Crippen LogP contribution in [0, 0.1) is 10.5 Å². The Labute approximate surface area is 122 Å². The molecule has 1 aromatic rings. The molecule has 0 fully saturated rings. The summed E-state index contributed by atoms with van der Waals surface area (Å²) in [6, 6.07) is 4.02. The van der Waals surface area contributed by atoms with Gasteiger partial charge in [-0.3, -0.25) is 9.59 Å². The fraction of sp³-hybridized carbons (Fsp3) is 0.200. The lowest BCUT2D eigenvalue weighted by molar-refractivity contribution is -0.120. The van der Waals surface area contributed by atoms with Gasteiger partial charge >= 0.3 is 0 Å². The van der Waals surface area contributed by atoms with E-state index >= 15 is 0 Å². The van der Waals surface area contributed by atoms with Crippen molar-refractivity contribution in [1.29, 1.82) is 0 Å². The Balaban J connectivity index is 2.96. The quantitative estimate of drug-likeness (QED) is 0.344. The molecular weight excluding hydrogens is 378 g/mol. The van der Waals surface area contributed by atoms with Crippen molar-refractivity contribution in [2.75, 3.05) is 0 Å². The summed E-state index contributed by atoms with van der Waals surface area (Å²) in [5, 5.41) is 5.45. The van der Waals surface area contributed by atoms with Crippen LogP contribution in [0.15, 0.2) is 28.4 Å². The number of nitrogens with zero attached hydrogens (tertiary/aromatic N) is 2. The van der Waals surface area contributed by atoms with Crippen molar-refractivity contribution in [2.45, 2.75) is 13.0 Å². The smallest absolute Gasteiger partial charge is 0.257 e. The summed E-state index contributed by atoms with van der Waals surface area (Å²) in [5.41, 5.74) is 1.44. The minimum absolute atomic E-state index is 0.561. The summed E-state index contributed by atoms with van der Waals surface area (Å²) < 4.78 is 1.05. The van der Waals surface area contributed by atoms with E-state index in [1.807, 2.05) is 19.1 Å². The molecule has 0 radical (unpaired) electrons. The number of aryl methyl sites for hydroxylation is 1. The summed E-state index contributed by atoms with van der Waals surface area (Å²) in [5.74, 6) is 0. The van der Waals surface area contributed by atoms with Gasteiger partial charge in [-0.25, -0.2) is 0 Å². The Morgan fingerprint density at radius 2 is 1.88 bits per heavy atom. The predicted octanol–water partition coefficient (Wildman–Crippen LogP) is 3.58. The normalized spacial score (nSPS) is 11.1. The van der Waals surface area contributed by atoms with Crippen molar-refractivity contribution in [3.63, 3.8) is 0 Å². The van der Waals surface area contributed by atoms with Gasteiger partial charge in [0.2, 0.25) is 6.04 Å². The van der Waals surface area contributed by atoms with Crippen molar-refractivity contribution in [3.8, 4) is 0 Å². The van der Waals surface area contributed by atoms with E-state index in [4.69, 9.17) is 23.2 Å². The predicted molar refractivity (Wildman–Crippen MR) is 73.9 cm³/mol. The fourth-order valence-electron chi connectivity index (χ4n) is 1.03. The molecule has 0 bridgehead atoms. The Kier molecular flexibility index (Phi) is 5.48. The topological polar surface area (TPSA) is 58.9 Å². The zero-order valence-electron chi connectivity index (χ0n) is 8.65. The second kappa shape index (κ2) is 6.42. The summed E-state index contributed by atoms with van der Waals surface area (Å²) in [7, 11) is 0. The third kappa shape index (κ3) is 4.33. The van der Waals surface area contributed by atoms with Crippen LogP contribution in [0.2, 0.25) is 0 Å². The molecule has 0 spiro atoms. The fourth-order valence-corrected chi connectivity index (χ4v) is 2.02. The highest BCUT2D eigenvalue weighted by atomic mass is 127. The van der Waals surface area contributed by atoms with E-state index < -0.39 is 16.5 Å². The second-order valence-corrected chi connectivity index (χ2v) is 5.15. The average Bonchev–Trinajstić information content (AvgIpc) is 2.20. The molecule has 0 amide bonds. The lowest BCUT2D eigenvalue weighted by Crippen LogP contribution is -2.19. The van der Waals surface area contributed by atoms with Crippen LogP contribution in [0.3, 0.4) is 0 Å². The number of hydrogen-bond donors (Lipinski definition) is 0. The SMILES string of the molecule is Cc1cc(I)ccc1N=NC(C(=O)Cl)C(=O)Cl. The molecule has 0 aliphatic heterocycles. The van der Waals surface area contributed by atoms with Gasteiger partial charge in [-0.05, 0) is 76.5 Å². The first-order valence-corrected chi connectivity index (χ1v) is 6.31. The molecule has 0 aliphatic rings. The average molecular weight is 385 g/mol. The van der Waals surface area contributed by atoms with Crippen LogP contribution in [0.4, 0.5) is 5.69 Å². The minimum Gasteiger partial charge on any atom is -0.278 e. The number of azo groups is 1. The third-order valence-corrected chi connectivity index (χ3v) is 2.95. The number of carbonyl (C=O) groups is 2. The van der Waals surface area contributed by atoms with Gasteiger partial charge in [0.25, 0.3) is 10.5 Å². The molecule has 0 saturated heterocycles. The Morgan fingerprint density at radius 3 is 2.35 bits per heavy atom. The molecule has 90 valence electrons.